The van der Waals surface area contributed by atoms with Gasteiger partial charge in [0.2, 0.25) is 5.91 Å². The number of ether oxygens (including phenoxy) is 1. The minimum atomic E-state index is -0.215. The van der Waals surface area contributed by atoms with Crippen LogP contribution in [0.25, 0.3) is 0 Å². The summed E-state index contributed by atoms with van der Waals surface area (Å²) in [6.07, 6.45) is 1.62. The van der Waals surface area contributed by atoms with E-state index in [1.54, 1.807) is 35.6 Å². The first-order valence-corrected chi connectivity index (χ1v) is 9.57. The maximum Gasteiger partial charge on any atom is 0.251 e. The standard InChI is InChI=1S/C19H17BrN2O3S/c1-25-16-7-5-15(6-8-16)22(12-17-3-2-10-26-17)19(24)13-21-11-14(20)4-9-18(21)23/h2-11H,12-13H2,1H3. The Bertz CT molecular complexity index is 936. The van der Waals surface area contributed by atoms with E-state index in [4.69, 9.17) is 4.74 Å². The van der Waals surface area contributed by atoms with Crippen molar-refractivity contribution in [1.82, 2.24) is 4.57 Å². The first-order valence-electron chi connectivity index (χ1n) is 7.89. The smallest absolute Gasteiger partial charge is 0.251 e. The molecular formula is C19H17BrN2O3S. The molecule has 7 heteroatoms. The van der Waals surface area contributed by atoms with Gasteiger partial charge in [0, 0.05) is 27.3 Å². The highest BCUT2D eigenvalue weighted by atomic mass is 79.9. The SMILES string of the molecule is COc1ccc(N(Cc2cccs2)C(=O)Cn2cc(Br)ccc2=O)cc1. The van der Waals surface area contributed by atoms with Crippen LogP contribution >= 0.6 is 27.3 Å². The number of pyridine rings is 1. The molecule has 2 aromatic heterocycles. The molecule has 0 aliphatic carbocycles. The number of thiophene rings is 1. The van der Waals surface area contributed by atoms with Gasteiger partial charge in [-0.1, -0.05) is 6.07 Å². The van der Waals surface area contributed by atoms with E-state index >= 15 is 0 Å². The topological polar surface area (TPSA) is 51.5 Å². The molecule has 2 heterocycles. The van der Waals surface area contributed by atoms with E-state index in [0.29, 0.717) is 6.54 Å². The third kappa shape index (κ3) is 4.42. The lowest BCUT2D eigenvalue weighted by Crippen LogP contribution is -2.35. The van der Waals surface area contributed by atoms with Crippen LogP contribution in [-0.2, 0) is 17.9 Å². The highest BCUT2D eigenvalue weighted by molar-refractivity contribution is 9.10. The molecule has 3 rings (SSSR count). The summed E-state index contributed by atoms with van der Waals surface area (Å²) in [6.45, 7) is 0.418. The van der Waals surface area contributed by atoms with E-state index in [2.05, 4.69) is 15.9 Å². The normalized spacial score (nSPS) is 10.5. The van der Waals surface area contributed by atoms with Gasteiger partial charge in [0.25, 0.3) is 5.56 Å². The van der Waals surface area contributed by atoms with Crippen molar-refractivity contribution < 1.29 is 9.53 Å². The van der Waals surface area contributed by atoms with Crippen LogP contribution in [0.5, 0.6) is 5.75 Å². The summed E-state index contributed by atoms with van der Waals surface area (Å²) in [5.74, 6) is 0.559. The molecule has 0 spiro atoms. The molecule has 0 aliphatic heterocycles. The molecule has 0 N–H and O–H groups in total. The Hall–Kier alpha value is -2.38. The number of carbonyl (C=O) groups is 1. The number of carbonyl (C=O) groups excluding carboxylic acids is 1. The molecule has 0 saturated heterocycles. The van der Waals surface area contributed by atoms with Crippen molar-refractivity contribution in [2.45, 2.75) is 13.1 Å². The highest BCUT2D eigenvalue weighted by Crippen LogP contribution is 2.23. The molecule has 0 bridgehead atoms. The molecule has 0 fully saturated rings. The Morgan fingerprint density at radius 2 is 1.96 bits per heavy atom. The zero-order valence-corrected chi connectivity index (χ0v) is 16.5. The monoisotopic (exact) mass is 432 g/mol. The Balaban J connectivity index is 1.89. The third-order valence-electron chi connectivity index (χ3n) is 3.83. The number of halogens is 1. The average molecular weight is 433 g/mol. The molecule has 5 nitrogen and oxygen atoms in total. The maximum atomic E-state index is 13.0. The van der Waals surface area contributed by atoms with E-state index in [9.17, 15) is 9.59 Å². The fourth-order valence-corrected chi connectivity index (χ4v) is 3.57. The third-order valence-corrected chi connectivity index (χ3v) is 5.16. The molecule has 1 amide bonds. The summed E-state index contributed by atoms with van der Waals surface area (Å²) < 4.78 is 7.34. The number of anilines is 1. The van der Waals surface area contributed by atoms with Gasteiger partial charge in [-0.15, -0.1) is 11.3 Å². The second-order valence-electron chi connectivity index (χ2n) is 5.57. The molecule has 0 unspecified atom stereocenters. The van der Waals surface area contributed by atoms with E-state index in [1.165, 1.54) is 10.6 Å². The average Bonchev–Trinajstić information content (AvgIpc) is 3.16. The number of benzene rings is 1. The zero-order valence-electron chi connectivity index (χ0n) is 14.1. The molecule has 26 heavy (non-hydrogen) atoms. The lowest BCUT2D eigenvalue weighted by atomic mass is 10.2. The molecule has 1 aromatic carbocycles. The van der Waals surface area contributed by atoms with Crippen LogP contribution in [0.4, 0.5) is 5.69 Å². The molecule has 3 aromatic rings. The predicted octanol–water partition coefficient (Wildman–Crippen LogP) is 3.91. The number of nitrogens with zero attached hydrogens (tertiary/aromatic N) is 2. The van der Waals surface area contributed by atoms with Gasteiger partial charge in [-0.3, -0.25) is 9.59 Å². The summed E-state index contributed by atoms with van der Waals surface area (Å²) in [4.78, 5) is 27.7. The van der Waals surface area contributed by atoms with Crippen LogP contribution in [0, 0.1) is 0 Å². The molecule has 0 radical (unpaired) electrons. The lowest BCUT2D eigenvalue weighted by molar-refractivity contribution is -0.119. The number of aromatic nitrogens is 1. The molecular weight excluding hydrogens is 416 g/mol. The Morgan fingerprint density at radius 3 is 2.62 bits per heavy atom. The minimum absolute atomic E-state index is 0.0321. The Morgan fingerprint density at radius 1 is 1.19 bits per heavy atom. The van der Waals surface area contributed by atoms with Crippen molar-refractivity contribution in [1.29, 1.82) is 0 Å². The van der Waals surface area contributed by atoms with E-state index in [0.717, 1.165) is 20.8 Å². The summed E-state index contributed by atoms with van der Waals surface area (Å²) in [5.41, 5.74) is 0.541. The van der Waals surface area contributed by atoms with Gasteiger partial charge in [0.1, 0.15) is 12.3 Å². The van der Waals surface area contributed by atoms with Crippen LogP contribution in [0.3, 0.4) is 0 Å². The lowest BCUT2D eigenvalue weighted by Gasteiger charge is -2.23. The number of amides is 1. The second kappa shape index (κ2) is 8.33. The van der Waals surface area contributed by atoms with Gasteiger partial charge in [-0.05, 0) is 57.7 Å². The predicted molar refractivity (Wildman–Crippen MR) is 107 cm³/mol. The van der Waals surface area contributed by atoms with Crippen LogP contribution in [0.2, 0.25) is 0 Å². The van der Waals surface area contributed by atoms with Crippen LogP contribution < -0.4 is 15.2 Å². The summed E-state index contributed by atoms with van der Waals surface area (Å²) in [7, 11) is 1.60. The van der Waals surface area contributed by atoms with E-state index < -0.39 is 0 Å². The number of rotatable bonds is 6. The van der Waals surface area contributed by atoms with Crippen LogP contribution in [0.1, 0.15) is 4.88 Å². The summed E-state index contributed by atoms with van der Waals surface area (Å²) in [6, 6.07) is 14.4. The summed E-state index contributed by atoms with van der Waals surface area (Å²) >= 11 is 4.92. The van der Waals surface area contributed by atoms with Crippen LogP contribution in [0.15, 0.2) is 69.4 Å². The van der Waals surface area contributed by atoms with Crippen molar-refractivity contribution >= 4 is 38.9 Å². The van der Waals surface area contributed by atoms with Gasteiger partial charge in [-0.2, -0.15) is 0 Å². The molecule has 0 aliphatic rings. The van der Waals surface area contributed by atoms with Crippen molar-refractivity contribution in [3.63, 3.8) is 0 Å². The summed E-state index contributed by atoms with van der Waals surface area (Å²) in [5, 5.41) is 1.98. The van der Waals surface area contributed by atoms with Gasteiger partial charge < -0.3 is 14.2 Å². The number of hydrogen-bond donors (Lipinski definition) is 0. The van der Waals surface area contributed by atoms with Gasteiger partial charge in [-0.25, -0.2) is 0 Å². The van der Waals surface area contributed by atoms with Crippen molar-refractivity contribution in [3.05, 3.63) is 79.8 Å². The first kappa shape index (κ1) is 18.4. The van der Waals surface area contributed by atoms with Crippen molar-refractivity contribution in [2.75, 3.05) is 12.0 Å². The molecule has 0 saturated carbocycles. The number of methoxy groups -OCH3 is 1. The number of hydrogen-bond acceptors (Lipinski definition) is 4. The maximum absolute atomic E-state index is 13.0. The zero-order chi connectivity index (χ0) is 18.5. The fraction of sp³-hybridized carbons (Fsp3) is 0.158. The second-order valence-corrected chi connectivity index (χ2v) is 7.52. The first-order chi connectivity index (χ1) is 12.6. The highest BCUT2D eigenvalue weighted by Gasteiger charge is 2.18. The largest absolute Gasteiger partial charge is 0.497 e. The molecule has 0 atom stereocenters. The quantitative estimate of drug-likeness (QED) is 0.592. The van der Waals surface area contributed by atoms with E-state index in [-0.39, 0.29) is 18.0 Å². The Labute approximate surface area is 163 Å². The van der Waals surface area contributed by atoms with Crippen molar-refractivity contribution in [3.8, 4) is 5.75 Å². The van der Waals surface area contributed by atoms with Gasteiger partial charge in [0.05, 0.1) is 13.7 Å². The van der Waals surface area contributed by atoms with Gasteiger partial charge in [0.15, 0.2) is 0 Å². The Kier molecular flexibility index (Phi) is 5.90. The fourth-order valence-electron chi connectivity index (χ4n) is 2.50. The van der Waals surface area contributed by atoms with Crippen LogP contribution in [-0.4, -0.2) is 17.6 Å². The minimum Gasteiger partial charge on any atom is -0.497 e. The van der Waals surface area contributed by atoms with E-state index in [1.807, 2.05) is 41.8 Å². The molecule has 134 valence electrons. The van der Waals surface area contributed by atoms with Crippen molar-refractivity contribution in [2.24, 2.45) is 0 Å². The van der Waals surface area contributed by atoms with Gasteiger partial charge >= 0.3 is 0 Å².